The van der Waals surface area contributed by atoms with E-state index in [1.165, 1.54) is 5.56 Å². The second-order valence-electron chi connectivity index (χ2n) is 5.98. The highest BCUT2D eigenvalue weighted by molar-refractivity contribution is 5.73. The normalized spacial score (nSPS) is 12.6. The van der Waals surface area contributed by atoms with Gasteiger partial charge in [0.2, 0.25) is 0 Å². The van der Waals surface area contributed by atoms with Crippen LogP contribution in [0.5, 0.6) is 11.5 Å². The van der Waals surface area contributed by atoms with Crippen LogP contribution in [0.15, 0.2) is 42.5 Å². The monoisotopic (exact) mass is 326 g/mol. The summed E-state index contributed by atoms with van der Waals surface area (Å²) in [6, 6.07) is 13.8. The first-order valence-electron chi connectivity index (χ1n) is 8.05. The number of carbonyl (C=O) groups is 1. The number of hydrogen-bond donors (Lipinski definition) is 1. The van der Waals surface area contributed by atoms with Crippen molar-refractivity contribution < 1.29 is 14.3 Å². The number of benzene rings is 2. The van der Waals surface area contributed by atoms with Crippen LogP contribution in [-0.4, -0.2) is 31.2 Å². The van der Waals surface area contributed by atoms with Crippen LogP contribution in [-0.2, 0) is 13.1 Å². The molecular formula is C19H22N2O3. The van der Waals surface area contributed by atoms with Gasteiger partial charge in [-0.2, -0.15) is 0 Å². The van der Waals surface area contributed by atoms with Gasteiger partial charge < -0.3 is 19.7 Å². The van der Waals surface area contributed by atoms with E-state index in [1.807, 2.05) is 49.4 Å². The van der Waals surface area contributed by atoms with Crippen molar-refractivity contribution in [2.75, 3.05) is 20.3 Å². The lowest BCUT2D eigenvalue weighted by Crippen LogP contribution is -2.36. The first-order valence-corrected chi connectivity index (χ1v) is 8.05. The molecular weight excluding hydrogens is 304 g/mol. The largest absolute Gasteiger partial charge is 0.486 e. The van der Waals surface area contributed by atoms with Crippen LogP contribution in [0.2, 0.25) is 0 Å². The molecule has 2 amide bonds. The predicted molar refractivity (Wildman–Crippen MR) is 92.3 cm³/mol. The third-order valence-electron chi connectivity index (χ3n) is 3.94. The average molecular weight is 326 g/mol. The first kappa shape index (κ1) is 16.2. The highest BCUT2D eigenvalue weighted by atomic mass is 16.6. The predicted octanol–water partition coefficient (Wildman–Crippen LogP) is 3.11. The number of aryl methyl sites for hydroxylation is 1. The molecule has 2 aromatic rings. The lowest BCUT2D eigenvalue weighted by atomic mass is 10.1. The van der Waals surface area contributed by atoms with Crippen LogP contribution in [0.1, 0.15) is 16.7 Å². The highest BCUT2D eigenvalue weighted by Gasteiger charge is 2.14. The molecule has 1 heterocycles. The van der Waals surface area contributed by atoms with Gasteiger partial charge in [0.15, 0.2) is 11.5 Å². The quantitative estimate of drug-likeness (QED) is 0.939. The molecule has 0 fully saturated rings. The molecule has 3 rings (SSSR count). The van der Waals surface area contributed by atoms with Gasteiger partial charge >= 0.3 is 6.03 Å². The fraction of sp³-hybridized carbons (Fsp3) is 0.316. The Bertz CT molecular complexity index is 713. The number of ether oxygens (including phenoxy) is 2. The standard InChI is InChI=1S/C19H22N2O3/c1-14-3-5-15(6-4-14)12-20-19(22)21(2)13-16-7-8-17-18(11-16)24-10-9-23-17/h3-8,11H,9-10,12-13H2,1-2H3,(H,20,22). The molecule has 24 heavy (non-hydrogen) atoms. The maximum Gasteiger partial charge on any atom is 0.317 e. The maximum absolute atomic E-state index is 12.2. The molecule has 1 aliphatic heterocycles. The molecule has 0 saturated heterocycles. The zero-order chi connectivity index (χ0) is 16.9. The number of nitrogens with one attached hydrogen (secondary N) is 1. The van der Waals surface area contributed by atoms with Gasteiger partial charge in [-0.3, -0.25) is 0 Å². The number of hydrogen-bond acceptors (Lipinski definition) is 3. The number of fused-ring (bicyclic) bond motifs is 1. The summed E-state index contributed by atoms with van der Waals surface area (Å²) in [6.45, 7) is 4.21. The minimum Gasteiger partial charge on any atom is -0.486 e. The second kappa shape index (κ2) is 7.25. The molecule has 0 unspecified atom stereocenters. The van der Waals surface area contributed by atoms with Crippen LogP contribution in [0.3, 0.4) is 0 Å². The van der Waals surface area contributed by atoms with E-state index in [4.69, 9.17) is 9.47 Å². The van der Waals surface area contributed by atoms with E-state index < -0.39 is 0 Å². The van der Waals surface area contributed by atoms with Crippen molar-refractivity contribution in [1.82, 2.24) is 10.2 Å². The Morgan fingerprint density at radius 2 is 1.71 bits per heavy atom. The zero-order valence-corrected chi connectivity index (χ0v) is 14.0. The molecule has 5 nitrogen and oxygen atoms in total. The third kappa shape index (κ3) is 3.98. The smallest absolute Gasteiger partial charge is 0.317 e. The Morgan fingerprint density at radius 3 is 2.46 bits per heavy atom. The van der Waals surface area contributed by atoms with Crippen molar-refractivity contribution in [2.24, 2.45) is 0 Å². The zero-order valence-electron chi connectivity index (χ0n) is 14.0. The SMILES string of the molecule is Cc1ccc(CNC(=O)N(C)Cc2ccc3c(c2)OCCO3)cc1. The van der Waals surface area contributed by atoms with Gasteiger partial charge in [-0.25, -0.2) is 4.79 Å². The second-order valence-corrected chi connectivity index (χ2v) is 5.98. The van der Waals surface area contributed by atoms with E-state index in [0.29, 0.717) is 26.3 Å². The van der Waals surface area contributed by atoms with Crippen LogP contribution in [0.4, 0.5) is 4.79 Å². The molecule has 126 valence electrons. The Morgan fingerprint density at radius 1 is 1.04 bits per heavy atom. The Kier molecular flexibility index (Phi) is 4.89. The van der Waals surface area contributed by atoms with E-state index in [2.05, 4.69) is 5.32 Å². The topological polar surface area (TPSA) is 50.8 Å². The lowest BCUT2D eigenvalue weighted by molar-refractivity contribution is 0.171. The first-order chi connectivity index (χ1) is 11.6. The highest BCUT2D eigenvalue weighted by Crippen LogP contribution is 2.31. The van der Waals surface area contributed by atoms with E-state index in [9.17, 15) is 4.79 Å². The summed E-state index contributed by atoms with van der Waals surface area (Å²) < 4.78 is 11.1. The maximum atomic E-state index is 12.2. The summed E-state index contributed by atoms with van der Waals surface area (Å²) >= 11 is 0. The summed E-state index contributed by atoms with van der Waals surface area (Å²) in [5, 5.41) is 2.93. The molecule has 5 heteroatoms. The molecule has 2 aromatic carbocycles. The summed E-state index contributed by atoms with van der Waals surface area (Å²) in [5.41, 5.74) is 3.30. The molecule has 0 aromatic heterocycles. The van der Waals surface area contributed by atoms with Gasteiger partial charge in [0, 0.05) is 20.1 Å². The Labute approximate surface area is 142 Å². The van der Waals surface area contributed by atoms with Crippen LogP contribution in [0.25, 0.3) is 0 Å². The minimum atomic E-state index is -0.106. The lowest BCUT2D eigenvalue weighted by Gasteiger charge is -2.21. The van der Waals surface area contributed by atoms with Crippen LogP contribution in [0, 0.1) is 6.92 Å². The summed E-state index contributed by atoms with van der Waals surface area (Å²) in [6.07, 6.45) is 0. The van der Waals surface area contributed by atoms with Crippen LogP contribution >= 0.6 is 0 Å². The van der Waals surface area contributed by atoms with Crippen molar-refractivity contribution in [1.29, 1.82) is 0 Å². The van der Waals surface area contributed by atoms with E-state index in [1.54, 1.807) is 11.9 Å². The van der Waals surface area contributed by atoms with Crippen molar-refractivity contribution in [3.63, 3.8) is 0 Å². The van der Waals surface area contributed by atoms with Crippen molar-refractivity contribution >= 4 is 6.03 Å². The molecule has 0 saturated carbocycles. The number of amides is 2. The minimum absolute atomic E-state index is 0.106. The number of urea groups is 1. The molecule has 1 N–H and O–H groups in total. The van der Waals surface area contributed by atoms with Crippen molar-refractivity contribution in [3.8, 4) is 11.5 Å². The Balaban J connectivity index is 1.55. The number of rotatable bonds is 4. The van der Waals surface area contributed by atoms with Gasteiger partial charge in [-0.15, -0.1) is 0 Å². The summed E-state index contributed by atoms with van der Waals surface area (Å²) in [7, 11) is 1.78. The van der Waals surface area contributed by atoms with E-state index >= 15 is 0 Å². The van der Waals surface area contributed by atoms with Gasteiger partial charge in [0.1, 0.15) is 13.2 Å². The van der Waals surface area contributed by atoms with E-state index in [0.717, 1.165) is 22.6 Å². The van der Waals surface area contributed by atoms with Crippen LogP contribution < -0.4 is 14.8 Å². The summed E-state index contributed by atoms with van der Waals surface area (Å²) in [5.74, 6) is 1.50. The number of carbonyl (C=O) groups excluding carboxylic acids is 1. The van der Waals surface area contributed by atoms with Gasteiger partial charge in [-0.05, 0) is 30.2 Å². The Hall–Kier alpha value is -2.69. The van der Waals surface area contributed by atoms with Gasteiger partial charge in [-0.1, -0.05) is 35.9 Å². The third-order valence-corrected chi connectivity index (χ3v) is 3.94. The average Bonchev–Trinajstić information content (AvgIpc) is 2.61. The molecule has 1 aliphatic rings. The fourth-order valence-corrected chi connectivity index (χ4v) is 2.55. The molecule has 0 spiro atoms. The van der Waals surface area contributed by atoms with Gasteiger partial charge in [0.05, 0.1) is 0 Å². The van der Waals surface area contributed by atoms with Crippen molar-refractivity contribution in [2.45, 2.75) is 20.0 Å². The summed E-state index contributed by atoms with van der Waals surface area (Å²) in [4.78, 5) is 13.9. The number of nitrogens with zero attached hydrogens (tertiary/aromatic N) is 1. The van der Waals surface area contributed by atoms with Gasteiger partial charge in [0.25, 0.3) is 0 Å². The van der Waals surface area contributed by atoms with Crippen molar-refractivity contribution in [3.05, 3.63) is 59.2 Å². The molecule has 0 bridgehead atoms. The molecule has 0 radical (unpaired) electrons. The fourth-order valence-electron chi connectivity index (χ4n) is 2.55. The molecule has 0 atom stereocenters. The van der Waals surface area contributed by atoms with E-state index in [-0.39, 0.29) is 6.03 Å². The molecule has 0 aliphatic carbocycles.